The molecule has 0 aromatic heterocycles. The summed E-state index contributed by atoms with van der Waals surface area (Å²) >= 11 is 0. The van der Waals surface area contributed by atoms with Gasteiger partial charge in [0.25, 0.3) is 0 Å². The first-order valence-corrected chi connectivity index (χ1v) is 7.19. The molecule has 2 unspecified atom stereocenters. The van der Waals surface area contributed by atoms with Gasteiger partial charge in [-0.05, 0) is 23.3 Å². The fraction of sp³-hybridized carbons (Fsp3) is 0.278. The van der Waals surface area contributed by atoms with Crippen LogP contribution in [0.4, 0.5) is 0 Å². The molecule has 21 heavy (non-hydrogen) atoms. The number of β-lactam (4-membered cyclic amide) rings is 1. The van der Waals surface area contributed by atoms with E-state index < -0.39 is 0 Å². The van der Waals surface area contributed by atoms with E-state index in [1.54, 1.807) is 7.11 Å². The van der Waals surface area contributed by atoms with Crippen molar-refractivity contribution in [3.05, 3.63) is 65.7 Å². The van der Waals surface area contributed by atoms with Crippen LogP contribution < -0.4 is 4.74 Å². The van der Waals surface area contributed by atoms with Gasteiger partial charge in [-0.15, -0.1) is 0 Å². The lowest BCUT2D eigenvalue weighted by molar-refractivity contribution is -0.156. The number of hydrogen-bond donors (Lipinski definition) is 0. The van der Waals surface area contributed by atoms with Crippen LogP contribution in [0.2, 0.25) is 0 Å². The van der Waals surface area contributed by atoms with Crippen LogP contribution in [0.25, 0.3) is 0 Å². The minimum atomic E-state index is 0.0436. The Bertz CT molecular complexity index is 621. The maximum Gasteiger partial charge on any atom is 0.228 e. The van der Waals surface area contributed by atoms with Crippen LogP contribution in [-0.4, -0.2) is 17.9 Å². The predicted molar refractivity (Wildman–Crippen MR) is 81.9 cm³/mol. The minimum absolute atomic E-state index is 0.0436. The summed E-state index contributed by atoms with van der Waals surface area (Å²) in [7, 11) is 1.66. The zero-order valence-corrected chi connectivity index (χ0v) is 12.3. The molecule has 3 nitrogen and oxygen atoms in total. The van der Waals surface area contributed by atoms with Crippen molar-refractivity contribution in [3.8, 4) is 5.75 Å². The van der Waals surface area contributed by atoms with E-state index in [2.05, 4.69) is 12.1 Å². The van der Waals surface area contributed by atoms with Crippen LogP contribution in [0.15, 0.2) is 54.6 Å². The molecule has 3 rings (SSSR count). The van der Waals surface area contributed by atoms with E-state index in [1.807, 2.05) is 54.3 Å². The van der Waals surface area contributed by atoms with E-state index in [9.17, 15) is 4.79 Å². The normalized spacial score (nSPS) is 21.0. The molecule has 1 fully saturated rings. The molecule has 1 saturated heterocycles. The fourth-order valence-corrected chi connectivity index (χ4v) is 2.95. The van der Waals surface area contributed by atoms with E-state index in [4.69, 9.17) is 4.74 Å². The third kappa shape index (κ3) is 2.51. The Hall–Kier alpha value is -2.29. The molecule has 0 N–H and O–H groups in total. The molecular weight excluding hydrogens is 262 g/mol. The maximum atomic E-state index is 12.2. The topological polar surface area (TPSA) is 29.5 Å². The van der Waals surface area contributed by atoms with Crippen molar-refractivity contribution in [2.45, 2.75) is 19.5 Å². The second-order valence-corrected chi connectivity index (χ2v) is 5.46. The van der Waals surface area contributed by atoms with Gasteiger partial charge >= 0.3 is 0 Å². The second kappa shape index (κ2) is 5.60. The molecule has 0 spiro atoms. The molecular formula is C18H19NO2. The maximum absolute atomic E-state index is 12.2. The molecule has 2 aromatic carbocycles. The Labute approximate surface area is 125 Å². The lowest BCUT2D eigenvalue weighted by Crippen LogP contribution is -2.52. The third-order valence-electron chi connectivity index (χ3n) is 4.14. The quantitative estimate of drug-likeness (QED) is 0.804. The number of ether oxygens (including phenoxy) is 1. The molecule has 108 valence electrons. The molecule has 0 saturated carbocycles. The van der Waals surface area contributed by atoms with Crippen molar-refractivity contribution in [2.75, 3.05) is 7.11 Å². The average Bonchev–Trinajstić information content (AvgIpc) is 2.55. The van der Waals surface area contributed by atoms with Crippen molar-refractivity contribution < 1.29 is 9.53 Å². The van der Waals surface area contributed by atoms with Gasteiger partial charge in [0, 0.05) is 6.54 Å². The Morgan fingerprint density at radius 2 is 1.71 bits per heavy atom. The number of rotatable bonds is 4. The highest BCUT2D eigenvalue weighted by molar-refractivity contribution is 5.86. The van der Waals surface area contributed by atoms with Crippen LogP contribution in [0.1, 0.15) is 24.1 Å². The summed E-state index contributed by atoms with van der Waals surface area (Å²) in [6.07, 6.45) is 0. The zero-order chi connectivity index (χ0) is 14.8. The molecule has 3 heteroatoms. The molecule has 0 bridgehead atoms. The van der Waals surface area contributed by atoms with Gasteiger partial charge in [0.05, 0.1) is 19.1 Å². The average molecular weight is 281 g/mol. The summed E-state index contributed by atoms with van der Waals surface area (Å²) in [5.41, 5.74) is 2.33. The van der Waals surface area contributed by atoms with E-state index in [1.165, 1.54) is 5.56 Å². The number of carbonyl (C=O) groups excluding carboxylic acids is 1. The minimum Gasteiger partial charge on any atom is -0.497 e. The van der Waals surface area contributed by atoms with Crippen molar-refractivity contribution >= 4 is 5.91 Å². The van der Waals surface area contributed by atoms with Gasteiger partial charge in [-0.25, -0.2) is 0 Å². The Morgan fingerprint density at radius 3 is 2.33 bits per heavy atom. The molecule has 2 aromatic rings. The number of benzene rings is 2. The lowest BCUT2D eigenvalue weighted by Gasteiger charge is -2.46. The molecule has 1 heterocycles. The molecule has 1 aliphatic rings. The molecule has 2 atom stereocenters. The Kier molecular flexibility index (Phi) is 3.65. The van der Waals surface area contributed by atoms with Crippen LogP contribution in [0.5, 0.6) is 5.75 Å². The molecule has 0 radical (unpaired) electrons. The fourth-order valence-electron chi connectivity index (χ4n) is 2.95. The smallest absolute Gasteiger partial charge is 0.228 e. The predicted octanol–water partition coefficient (Wildman–Crippen LogP) is 3.41. The van der Waals surface area contributed by atoms with E-state index >= 15 is 0 Å². The Morgan fingerprint density at radius 1 is 1.05 bits per heavy atom. The molecule has 0 aliphatic carbocycles. The van der Waals surface area contributed by atoms with Crippen molar-refractivity contribution in [2.24, 2.45) is 5.92 Å². The number of likely N-dealkylation sites (tertiary alicyclic amines) is 1. The van der Waals surface area contributed by atoms with Gasteiger partial charge in [0.2, 0.25) is 5.91 Å². The number of hydrogen-bond acceptors (Lipinski definition) is 2. The highest BCUT2D eigenvalue weighted by atomic mass is 16.5. The van der Waals surface area contributed by atoms with Gasteiger partial charge in [0.15, 0.2) is 0 Å². The molecule has 1 aliphatic heterocycles. The van der Waals surface area contributed by atoms with Gasteiger partial charge in [0.1, 0.15) is 5.75 Å². The summed E-state index contributed by atoms with van der Waals surface area (Å²) < 4.78 is 5.19. The highest BCUT2D eigenvalue weighted by Crippen LogP contribution is 2.41. The number of nitrogens with zero attached hydrogens (tertiary/aromatic N) is 1. The van der Waals surface area contributed by atoms with Crippen molar-refractivity contribution in [3.63, 3.8) is 0 Å². The highest BCUT2D eigenvalue weighted by Gasteiger charge is 2.44. The number of amides is 1. The zero-order valence-electron chi connectivity index (χ0n) is 12.3. The van der Waals surface area contributed by atoms with E-state index in [0.717, 1.165) is 11.3 Å². The molecule has 1 amide bonds. The van der Waals surface area contributed by atoms with Crippen LogP contribution >= 0.6 is 0 Å². The summed E-state index contributed by atoms with van der Waals surface area (Å²) in [6, 6.07) is 18.3. The summed E-state index contributed by atoms with van der Waals surface area (Å²) in [6.45, 7) is 2.67. The summed E-state index contributed by atoms with van der Waals surface area (Å²) in [4.78, 5) is 14.1. The van der Waals surface area contributed by atoms with Gasteiger partial charge < -0.3 is 9.64 Å². The van der Waals surface area contributed by atoms with Gasteiger partial charge in [-0.3, -0.25) is 4.79 Å². The monoisotopic (exact) mass is 281 g/mol. The van der Waals surface area contributed by atoms with E-state index in [-0.39, 0.29) is 17.9 Å². The van der Waals surface area contributed by atoms with Crippen LogP contribution in [0.3, 0.4) is 0 Å². The number of carbonyl (C=O) groups is 1. The lowest BCUT2D eigenvalue weighted by atomic mass is 9.83. The number of methoxy groups -OCH3 is 1. The SMILES string of the molecule is COc1ccc(C2C(C)C(=O)N2Cc2ccccc2)cc1. The first kappa shape index (κ1) is 13.7. The second-order valence-electron chi connectivity index (χ2n) is 5.46. The van der Waals surface area contributed by atoms with E-state index in [0.29, 0.717) is 6.54 Å². The first-order valence-electron chi connectivity index (χ1n) is 7.19. The standard InChI is InChI=1S/C18H19NO2/c1-13-17(15-8-10-16(21-2)11-9-15)19(18(13)20)12-14-6-4-3-5-7-14/h3-11,13,17H,12H2,1-2H3. The summed E-state index contributed by atoms with van der Waals surface area (Å²) in [5, 5.41) is 0. The van der Waals surface area contributed by atoms with Crippen molar-refractivity contribution in [1.82, 2.24) is 4.90 Å². The first-order chi connectivity index (χ1) is 10.2. The van der Waals surface area contributed by atoms with Crippen LogP contribution in [0, 0.1) is 5.92 Å². The summed E-state index contributed by atoms with van der Waals surface area (Å²) in [5.74, 6) is 1.11. The van der Waals surface area contributed by atoms with Crippen LogP contribution in [-0.2, 0) is 11.3 Å². The van der Waals surface area contributed by atoms with Gasteiger partial charge in [-0.2, -0.15) is 0 Å². The largest absolute Gasteiger partial charge is 0.497 e. The van der Waals surface area contributed by atoms with Gasteiger partial charge in [-0.1, -0.05) is 49.4 Å². The Balaban J connectivity index is 1.80. The third-order valence-corrected chi connectivity index (χ3v) is 4.14. The van der Waals surface area contributed by atoms with Crippen molar-refractivity contribution in [1.29, 1.82) is 0 Å².